The van der Waals surface area contributed by atoms with Crippen LogP contribution in [0.5, 0.6) is 5.75 Å². The second-order valence-corrected chi connectivity index (χ2v) is 19.1. The first-order chi connectivity index (χ1) is 27.9. The topological polar surface area (TPSA) is 143 Å². The number of fused-ring (bicyclic) bond motifs is 2. The van der Waals surface area contributed by atoms with Gasteiger partial charge in [-0.3, -0.25) is 0 Å². The minimum atomic E-state index is -0.498. The Morgan fingerprint density at radius 3 is 1.75 bits per heavy atom. The summed E-state index contributed by atoms with van der Waals surface area (Å²) in [6.45, 7) is 14.8. The molecule has 2 unspecified atom stereocenters. The largest absolute Gasteiger partial charge is 0.488 e. The normalized spacial score (nSPS) is 22.4. The summed E-state index contributed by atoms with van der Waals surface area (Å²) in [6, 6.07) is 7.35. The quantitative estimate of drug-likeness (QED) is 0.210. The summed E-state index contributed by atoms with van der Waals surface area (Å²) < 4.78 is 47.6. The summed E-state index contributed by atoms with van der Waals surface area (Å²) in [5.41, 5.74) is 0.819. The van der Waals surface area contributed by atoms with Gasteiger partial charge < -0.3 is 38.6 Å². The van der Waals surface area contributed by atoms with E-state index in [4.69, 9.17) is 23.7 Å². The lowest BCUT2D eigenvalue weighted by molar-refractivity contribution is -0.0367. The smallest absolute Gasteiger partial charge is 0.410 e. The third-order valence-electron chi connectivity index (χ3n) is 10.0. The van der Waals surface area contributed by atoms with Crippen molar-refractivity contribution in [3.63, 3.8) is 0 Å². The molecule has 324 valence electrons. The van der Waals surface area contributed by atoms with E-state index in [1.54, 1.807) is 15.8 Å². The molecule has 6 heterocycles. The number of β-amino-alcohol motifs (C(OH)–C–C–N with tert-alkyl or cyclic N) is 1. The fourth-order valence-electron chi connectivity index (χ4n) is 7.27. The first-order valence-electron chi connectivity index (χ1n) is 20.5. The maximum Gasteiger partial charge on any atom is 0.410 e. The van der Waals surface area contributed by atoms with Crippen molar-refractivity contribution < 1.29 is 42.8 Å². The van der Waals surface area contributed by atoms with Crippen LogP contribution >= 0.6 is 31.9 Å². The molecule has 0 bridgehead atoms. The number of nitrogens with zero attached hydrogens (tertiary/aromatic N) is 6. The average molecular weight is 953 g/mol. The Morgan fingerprint density at radius 1 is 0.729 bits per heavy atom. The summed E-state index contributed by atoms with van der Waals surface area (Å²) in [7, 11) is 0. The van der Waals surface area contributed by atoms with E-state index in [0.717, 1.165) is 89.3 Å². The Labute approximate surface area is 361 Å². The number of likely N-dealkylation sites (tertiary alicyclic amines) is 2. The molecule has 0 radical (unpaired) electrons. The monoisotopic (exact) mass is 950 g/mol. The van der Waals surface area contributed by atoms with Gasteiger partial charge in [0.05, 0.1) is 46.8 Å². The predicted molar refractivity (Wildman–Crippen MR) is 228 cm³/mol. The zero-order chi connectivity index (χ0) is 42.5. The van der Waals surface area contributed by atoms with Crippen LogP contribution in [-0.2, 0) is 18.9 Å². The van der Waals surface area contributed by atoms with E-state index in [-0.39, 0.29) is 42.7 Å². The van der Waals surface area contributed by atoms with Gasteiger partial charge in [-0.25, -0.2) is 23.3 Å². The minimum absolute atomic E-state index is 0.0301. The molecule has 2 aromatic heterocycles. The number of aromatic nitrogens is 4. The number of aliphatic hydroxyl groups is 1. The zero-order valence-corrected chi connectivity index (χ0v) is 38.0. The Bertz CT molecular complexity index is 2050. The van der Waals surface area contributed by atoms with Gasteiger partial charge in [-0.2, -0.15) is 10.2 Å². The zero-order valence-electron chi connectivity index (χ0n) is 34.8. The van der Waals surface area contributed by atoms with Gasteiger partial charge in [0.15, 0.2) is 12.5 Å². The summed E-state index contributed by atoms with van der Waals surface area (Å²) in [5, 5.41) is 19.5. The summed E-state index contributed by atoms with van der Waals surface area (Å²) >= 11 is 6.90. The lowest BCUT2D eigenvalue weighted by Crippen LogP contribution is -2.36. The fourth-order valence-corrected chi connectivity index (χ4v) is 8.11. The molecule has 2 aromatic carbocycles. The number of amides is 2. The molecular formula is C42H57Br2FN6O8. The summed E-state index contributed by atoms with van der Waals surface area (Å²) in [4.78, 5) is 27.0. The Hall–Kier alpha value is -3.51. The van der Waals surface area contributed by atoms with Crippen molar-refractivity contribution in [2.75, 3.05) is 39.4 Å². The standard InChI is InChI=1S/C21H28BrN3O4.C12H12BrFN2O.C9H17NO3/c1-21(2,3)29-20(26)24-8-7-15(13-24)28-18-11-14(22)10-17-16(18)12-23-25(17)19-6-4-5-9-27-19;13-8-5-10(14)9-7-15-16(11(9)6-8)12-3-1-2-4-17-12;1-9(2,3)13-8(12)10-5-4-7(11)6-10/h10-12,15,19H,4-9,13H2,1-3H3;5-7,12H,1-4H2;7,11H,4-6H2,1-3H3/t15-,19?;;7-/m0.0/s1. The molecule has 17 heteroatoms. The van der Waals surface area contributed by atoms with Gasteiger partial charge in [-0.05, 0) is 111 Å². The van der Waals surface area contributed by atoms with E-state index in [1.165, 1.54) is 11.0 Å². The van der Waals surface area contributed by atoms with Crippen molar-refractivity contribution in [3.8, 4) is 5.75 Å². The molecule has 4 aliphatic heterocycles. The maximum absolute atomic E-state index is 13.7. The highest BCUT2D eigenvalue weighted by atomic mass is 79.9. The summed E-state index contributed by atoms with van der Waals surface area (Å²) in [5.74, 6) is 0.518. The Morgan fingerprint density at radius 2 is 1.24 bits per heavy atom. The van der Waals surface area contributed by atoms with Gasteiger partial charge in [0, 0.05) is 48.2 Å². The van der Waals surface area contributed by atoms with Crippen LogP contribution in [0, 0.1) is 5.82 Å². The van der Waals surface area contributed by atoms with Crippen LogP contribution in [0.15, 0.2) is 45.6 Å². The van der Waals surface area contributed by atoms with Crippen molar-refractivity contribution in [2.45, 2.75) is 129 Å². The van der Waals surface area contributed by atoms with Gasteiger partial charge in [-0.1, -0.05) is 31.9 Å². The van der Waals surface area contributed by atoms with Crippen molar-refractivity contribution >= 4 is 65.9 Å². The molecule has 0 spiro atoms. The molecule has 1 N–H and O–H groups in total. The van der Waals surface area contributed by atoms with E-state index in [2.05, 4.69) is 48.1 Å². The highest BCUT2D eigenvalue weighted by Gasteiger charge is 2.32. The molecule has 4 saturated heterocycles. The third kappa shape index (κ3) is 12.3. The van der Waals surface area contributed by atoms with E-state index in [1.807, 2.05) is 64.6 Å². The molecule has 0 saturated carbocycles. The fraction of sp³-hybridized carbons (Fsp3) is 0.619. The van der Waals surface area contributed by atoms with Crippen LogP contribution in [-0.4, -0.2) is 109 Å². The lowest BCUT2D eigenvalue weighted by atomic mass is 10.2. The Kier molecular flexibility index (Phi) is 14.9. The van der Waals surface area contributed by atoms with Gasteiger partial charge in [0.25, 0.3) is 0 Å². The number of halogens is 3. The lowest BCUT2D eigenvalue weighted by Gasteiger charge is -2.24. The van der Waals surface area contributed by atoms with Crippen LogP contribution < -0.4 is 4.74 Å². The number of aliphatic hydroxyl groups excluding tert-OH is 1. The van der Waals surface area contributed by atoms with Crippen LogP contribution in [0.1, 0.15) is 105 Å². The molecule has 59 heavy (non-hydrogen) atoms. The van der Waals surface area contributed by atoms with Crippen molar-refractivity contribution in [1.29, 1.82) is 0 Å². The van der Waals surface area contributed by atoms with Gasteiger partial charge >= 0.3 is 12.2 Å². The number of carbonyl (C=O) groups is 2. The molecule has 2 amide bonds. The maximum atomic E-state index is 13.7. The predicted octanol–water partition coefficient (Wildman–Crippen LogP) is 9.51. The molecule has 4 aliphatic rings. The van der Waals surface area contributed by atoms with Crippen molar-refractivity contribution in [3.05, 3.63) is 51.4 Å². The van der Waals surface area contributed by atoms with Crippen LogP contribution in [0.4, 0.5) is 14.0 Å². The summed E-state index contributed by atoms with van der Waals surface area (Å²) in [6.07, 6.45) is 10.0. The number of hydrogen-bond donors (Lipinski definition) is 1. The second kappa shape index (κ2) is 19.5. The first-order valence-corrected chi connectivity index (χ1v) is 22.1. The van der Waals surface area contributed by atoms with E-state index in [0.29, 0.717) is 38.0 Å². The molecule has 4 fully saturated rings. The van der Waals surface area contributed by atoms with Crippen molar-refractivity contribution in [2.24, 2.45) is 0 Å². The molecule has 14 nitrogen and oxygen atoms in total. The first kappa shape index (κ1) is 45.0. The average Bonchev–Trinajstić information content (AvgIpc) is 3.99. The third-order valence-corrected chi connectivity index (χ3v) is 11.0. The number of hydrogen-bond acceptors (Lipinski definition) is 10. The van der Waals surface area contributed by atoms with Gasteiger partial charge in [0.1, 0.15) is 28.9 Å². The van der Waals surface area contributed by atoms with Crippen LogP contribution in [0.3, 0.4) is 0 Å². The molecule has 8 rings (SSSR count). The highest BCUT2D eigenvalue weighted by Crippen LogP contribution is 2.35. The molecular weight excluding hydrogens is 895 g/mol. The number of rotatable bonds is 4. The number of carbonyl (C=O) groups excluding carboxylic acids is 2. The molecule has 4 aromatic rings. The van der Waals surface area contributed by atoms with Gasteiger partial charge in [-0.15, -0.1) is 0 Å². The van der Waals surface area contributed by atoms with E-state index in [9.17, 15) is 19.1 Å². The number of ether oxygens (including phenoxy) is 5. The number of benzene rings is 2. The van der Waals surface area contributed by atoms with E-state index >= 15 is 0 Å². The Balaban J connectivity index is 0.000000165. The second-order valence-electron chi connectivity index (χ2n) is 17.3. The van der Waals surface area contributed by atoms with E-state index < -0.39 is 11.2 Å². The highest BCUT2D eigenvalue weighted by molar-refractivity contribution is 9.10. The van der Waals surface area contributed by atoms with Crippen LogP contribution in [0.25, 0.3) is 21.8 Å². The SMILES string of the molecule is CC(C)(C)OC(=O)N1CC[C@H](O)C1.CC(C)(C)OC(=O)N1CC[C@H](Oc2cc(Br)cc3c2cnn3C2CCCCO2)C1.Fc1cc(Br)cc2c1cnn2C1CCCCO1. The molecule has 4 atom stereocenters. The molecule has 0 aliphatic carbocycles. The van der Waals surface area contributed by atoms with Gasteiger partial charge in [0.2, 0.25) is 0 Å². The van der Waals surface area contributed by atoms with Crippen LogP contribution in [0.2, 0.25) is 0 Å². The minimum Gasteiger partial charge on any atom is -0.488 e. The van der Waals surface area contributed by atoms with Crippen molar-refractivity contribution in [1.82, 2.24) is 29.4 Å².